The SMILES string of the molecule is Cc1c(C(=O)O)n(C(=O)OC(C)(C)C)c2ccccc12. The van der Waals surface area contributed by atoms with Gasteiger partial charge in [0.15, 0.2) is 0 Å². The van der Waals surface area contributed by atoms with E-state index in [1.165, 1.54) is 0 Å². The van der Waals surface area contributed by atoms with Gasteiger partial charge in [0, 0.05) is 5.39 Å². The molecule has 0 radical (unpaired) electrons. The molecule has 1 N–H and O–H groups in total. The number of benzene rings is 1. The van der Waals surface area contributed by atoms with Gasteiger partial charge < -0.3 is 9.84 Å². The van der Waals surface area contributed by atoms with Crippen LogP contribution in [0.25, 0.3) is 10.9 Å². The Hall–Kier alpha value is -2.30. The predicted molar refractivity (Wildman–Crippen MR) is 75.3 cm³/mol. The predicted octanol–water partition coefficient (Wildman–Crippen LogP) is 3.43. The summed E-state index contributed by atoms with van der Waals surface area (Å²) in [7, 11) is 0. The third-order valence-electron chi connectivity index (χ3n) is 2.91. The molecular formula is C15H17NO4. The highest BCUT2D eigenvalue weighted by molar-refractivity contribution is 6.03. The first-order valence-electron chi connectivity index (χ1n) is 6.29. The number of fused-ring (bicyclic) bond motifs is 1. The minimum atomic E-state index is -1.15. The molecule has 0 saturated carbocycles. The molecule has 5 nitrogen and oxygen atoms in total. The second-order valence-corrected chi connectivity index (χ2v) is 5.61. The summed E-state index contributed by atoms with van der Waals surface area (Å²) in [4.78, 5) is 23.7. The van der Waals surface area contributed by atoms with Gasteiger partial charge in [-0.1, -0.05) is 18.2 Å². The smallest absolute Gasteiger partial charge is 0.419 e. The van der Waals surface area contributed by atoms with Crippen LogP contribution in [0.2, 0.25) is 0 Å². The lowest BCUT2D eigenvalue weighted by molar-refractivity contribution is 0.0512. The maximum Gasteiger partial charge on any atom is 0.419 e. The summed E-state index contributed by atoms with van der Waals surface area (Å²) in [6.45, 7) is 6.91. The molecule has 0 unspecified atom stereocenters. The maximum absolute atomic E-state index is 12.3. The normalized spacial score (nSPS) is 11.6. The lowest BCUT2D eigenvalue weighted by atomic mass is 10.1. The molecule has 5 heteroatoms. The Morgan fingerprint density at radius 1 is 1.20 bits per heavy atom. The van der Waals surface area contributed by atoms with E-state index in [0.717, 1.165) is 9.95 Å². The zero-order chi connectivity index (χ0) is 15.1. The third kappa shape index (κ3) is 2.39. The van der Waals surface area contributed by atoms with E-state index in [2.05, 4.69) is 0 Å². The first kappa shape index (κ1) is 14.1. The van der Waals surface area contributed by atoms with Gasteiger partial charge in [0.05, 0.1) is 5.52 Å². The summed E-state index contributed by atoms with van der Waals surface area (Å²) < 4.78 is 6.42. The molecular weight excluding hydrogens is 258 g/mol. The van der Waals surface area contributed by atoms with Gasteiger partial charge in [-0.05, 0) is 39.3 Å². The summed E-state index contributed by atoms with van der Waals surface area (Å²) in [6, 6.07) is 7.06. The molecule has 1 heterocycles. The third-order valence-corrected chi connectivity index (χ3v) is 2.91. The Bertz CT molecular complexity index is 692. The number of carboxylic acids is 1. The Balaban J connectivity index is 2.70. The van der Waals surface area contributed by atoms with Gasteiger partial charge in [0.2, 0.25) is 0 Å². The number of ether oxygens (including phenoxy) is 1. The topological polar surface area (TPSA) is 68.5 Å². The number of carbonyl (C=O) groups is 2. The number of hydrogen-bond donors (Lipinski definition) is 1. The molecule has 0 bridgehead atoms. The molecule has 0 atom stereocenters. The van der Waals surface area contributed by atoms with Crippen molar-refractivity contribution in [3.05, 3.63) is 35.5 Å². The van der Waals surface area contributed by atoms with Crippen LogP contribution in [0.1, 0.15) is 36.8 Å². The molecule has 20 heavy (non-hydrogen) atoms. The number of carboxylic acid groups (broad SMARTS) is 1. The first-order valence-corrected chi connectivity index (χ1v) is 6.29. The lowest BCUT2D eigenvalue weighted by Crippen LogP contribution is -2.29. The van der Waals surface area contributed by atoms with E-state index in [1.807, 2.05) is 0 Å². The van der Waals surface area contributed by atoms with Gasteiger partial charge in [-0.3, -0.25) is 0 Å². The van der Waals surface area contributed by atoms with E-state index in [1.54, 1.807) is 52.0 Å². The van der Waals surface area contributed by atoms with Crippen LogP contribution in [0.4, 0.5) is 4.79 Å². The maximum atomic E-state index is 12.3. The Morgan fingerprint density at radius 3 is 2.35 bits per heavy atom. The molecule has 0 fully saturated rings. The highest BCUT2D eigenvalue weighted by Gasteiger charge is 2.27. The van der Waals surface area contributed by atoms with Crippen LogP contribution in [0.5, 0.6) is 0 Å². The summed E-state index contributed by atoms with van der Waals surface area (Å²) >= 11 is 0. The van der Waals surface area contributed by atoms with E-state index in [9.17, 15) is 14.7 Å². The molecule has 106 valence electrons. The van der Waals surface area contributed by atoms with Crippen molar-refractivity contribution in [2.24, 2.45) is 0 Å². The quantitative estimate of drug-likeness (QED) is 0.865. The van der Waals surface area contributed by atoms with Crippen molar-refractivity contribution in [2.45, 2.75) is 33.3 Å². The fourth-order valence-corrected chi connectivity index (χ4v) is 2.15. The van der Waals surface area contributed by atoms with Crippen molar-refractivity contribution in [1.82, 2.24) is 4.57 Å². The number of rotatable bonds is 1. The van der Waals surface area contributed by atoms with Crippen LogP contribution in [-0.2, 0) is 4.74 Å². The summed E-state index contributed by atoms with van der Waals surface area (Å²) in [5.41, 5.74) is 0.350. The Labute approximate surface area is 116 Å². The van der Waals surface area contributed by atoms with Crippen molar-refractivity contribution in [3.8, 4) is 0 Å². The van der Waals surface area contributed by atoms with E-state index in [4.69, 9.17) is 4.74 Å². The minimum Gasteiger partial charge on any atom is -0.477 e. The summed E-state index contributed by atoms with van der Waals surface area (Å²) in [6.07, 6.45) is -0.681. The zero-order valence-electron chi connectivity index (χ0n) is 11.9. The lowest BCUT2D eigenvalue weighted by Gasteiger charge is -2.20. The Kier molecular flexibility index (Phi) is 3.29. The molecule has 1 aromatic carbocycles. The molecule has 0 aliphatic rings. The number of aryl methyl sites for hydroxylation is 1. The molecule has 2 aromatic rings. The number of hydrogen-bond acceptors (Lipinski definition) is 3. The van der Waals surface area contributed by atoms with Crippen LogP contribution in [0.3, 0.4) is 0 Å². The van der Waals surface area contributed by atoms with Gasteiger partial charge in [0.1, 0.15) is 11.3 Å². The average molecular weight is 275 g/mol. The fraction of sp³-hybridized carbons (Fsp3) is 0.333. The number of para-hydroxylation sites is 1. The zero-order valence-corrected chi connectivity index (χ0v) is 11.9. The number of carbonyl (C=O) groups excluding carboxylic acids is 1. The van der Waals surface area contributed by atoms with Gasteiger partial charge >= 0.3 is 12.1 Å². The highest BCUT2D eigenvalue weighted by atomic mass is 16.6. The van der Waals surface area contributed by atoms with Gasteiger partial charge in [-0.15, -0.1) is 0 Å². The Morgan fingerprint density at radius 2 is 1.80 bits per heavy atom. The minimum absolute atomic E-state index is 0.0551. The van der Waals surface area contributed by atoms with E-state index >= 15 is 0 Å². The highest BCUT2D eigenvalue weighted by Crippen LogP contribution is 2.26. The second-order valence-electron chi connectivity index (χ2n) is 5.61. The van der Waals surface area contributed by atoms with E-state index in [-0.39, 0.29) is 5.69 Å². The van der Waals surface area contributed by atoms with Crippen molar-refractivity contribution in [2.75, 3.05) is 0 Å². The standard InChI is InChI=1S/C15H17NO4/c1-9-10-7-5-6-8-11(10)16(12(9)13(17)18)14(19)20-15(2,3)4/h5-8H,1-4H3,(H,17,18). The largest absolute Gasteiger partial charge is 0.477 e. The van der Waals surface area contributed by atoms with E-state index in [0.29, 0.717) is 11.1 Å². The number of aromatic nitrogens is 1. The number of nitrogens with zero attached hydrogens (tertiary/aromatic N) is 1. The average Bonchev–Trinajstić information content (AvgIpc) is 2.61. The van der Waals surface area contributed by atoms with Crippen molar-refractivity contribution in [3.63, 3.8) is 0 Å². The molecule has 0 spiro atoms. The molecule has 1 aromatic heterocycles. The van der Waals surface area contributed by atoms with E-state index < -0.39 is 17.7 Å². The number of aromatic carboxylic acids is 1. The van der Waals surface area contributed by atoms with Crippen LogP contribution < -0.4 is 0 Å². The van der Waals surface area contributed by atoms with Gasteiger partial charge in [0.25, 0.3) is 0 Å². The molecule has 0 saturated heterocycles. The summed E-state index contributed by atoms with van der Waals surface area (Å²) in [5, 5.41) is 10.1. The van der Waals surface area contributed by atoms with Gasteiger partial charge in [-0.25, -0.2) is 14.2 Å². The first-order chi connectivity index (χ1) is 9.22. The second kappa shape index (κ2) is 4.67. The monoisotopic (exact) mass is 275 g/mol. The molecule has 2 rings (SSSR count). The van der Waals surface area contributed by atoms with Crippen LogP contribution in [0, 0.1) is 6.92 Å². The molecule has 0 aliphatic carbocycles. The van der Waals surface area contributed by atoms with Crippen molar-refractivity contribution < 1.29 is 19.4 Å². The van der Waals surface area contributed by atoms with Crippen molar-refractivity contribution in [1.29, 1.82) is 0 Å². The summed E-state index contributed by atoms with van der Waals surface area (Å²) in [5.74, 6) is -1.15. The van der Waals surface area contributed by atoms with Crippen molar-refractivity contribution >= 4 is 23.0 Å². The fourth-order valence-electron chi connectivity index (χ4n) is 2.15. The van der Waals surface area contributed by atoms with Crippen LogP contribution >= 0.6 is 0 Å². The van der Waals surface area contributed by atoms with Gasteiger partial charge in [-0.2, -0.15) is 0 Å². The van der Waals surface area contributed by atoms with Crippen LogP contribution in [0.15, 0.2) is 24.3 Å². The van der Waals surface area contributed by atoms with Crippen LogP contribution in [-0.4, -0.2) is 27.3 Å². The molecule has 0 amide bonds. The molecule has 0 aliphatic heterocycles.